The van der Waals surface area contributed by atoms with E-state index in [1.807, 2.05) is 24.3 Å². The molecule has 10 heteroatoms. The molecule has 3 N–H and O–H groups in total. The molecule has 0 aliphatic carbocycles. The standard InChI is InChI=1S/C18H25N3O2.H2O4S/c1-20-18(22)14-17(19-20)15-6-8-16(9-7-15)23-13-5-12-21-10-3-2-4-11-21;1-5(2,3)4/h6-9,14,19H,2-5,10-13H2,1H3;(H2,1,2,3,4). The van der Waals surface area contributed by atoms with Crippen molar-refractivity contribution < 1.29 is 22.3 Å². The highest BCUT2D eigenvalue weighted by molar-refractivity contribution is 7.79. The van der Waals surface area contributed by atoms with E-state index >= 15 is 0 Å². The Morgan fingerprint density at radius 2 is 1.71 bits per heavy atom. The lowest BCUT2D eigenvalue weighted by Crippen LogP contribution is -2.31. The lowest BCUT2D eigenvalue weighted by atomic mass is 10.1. The fraction of sp³-hybridized carbons (Fsp3) is 0.500. The molecule has 156 valence electrons. The number of benzene rings is 1. The second-order valence-electron chi connectivity index (χ2n) is 6.64. The second-order valence-corrected chi connectivity index (χ2v) is 7.54. The zero-order valence-corrected chi connectivity index (χ0v) is 16.7. The van der Waals surface area contributed by atoms with E-state index in [1.165, 1.54) is 37.0 Å². The maximum absolute atomic E-state index is 11.5. The fourth-order valence-corrected chi connectivity index (χ4v) is 3.03. The summed E-state index contributed by atoms with van der Waals surface area (Å²) in [5.41, 5.74) is 1.79. The van der Waals surface area contributed by atoms with E-state index in [4.69, 9.17) is 22.3 Å². The summed E-state index contributed by atoms with van der Waals surface area (Å²) in [6, 6.07) is 9.48. The topological polar surface area (TPSA) is 125 Å². The van der Waals surface area contributed by atoms with Crippen LogP contribution in [0, 0.1) is 0 Å². The molecule has 1 aromatic carbocycles. The number of aromatic amines is 1. The minimum Gasteiger partial charge on any atom is -0.494 e. The van der Waals surface area contributed by atoms with Gasteiger partial charge in [-0.05, 0) is 62.2 Å². The van der Waals surface area contributed by atoms with Crippen molar-refractivity contribution in [2.24, 2.45) is 7.05 Å². The number of hydrogen-bond donors (Lipinski definition) is 3. The summed E-state index contributed by atoms with van der Waals surface area (Å²) < 4.78 is 38.9. The van der Waals surface area contributed by atoms with Crippen LogP contribution in [0.5, 0.6) is 5.75 Å². The predicted molar refractivity (Wildman–Crippen MR) is 106 cm³/mol. The van der Waals surface area contributed by atoms with Crippen molar-refractivity contribution in [2.45, 2.75) is 25.7 Å². The van der Waals surface area contributed by atoms with Gasteiger partial charge in [0.05, 0.1) is 12.3 Å². The van der Waals surface area contributed by atoms with Gasteiger partial charge in [0.1, 0.15) is 5.75 Å². The first kappa shape index (κ1) is 22.2. The smallest absolute Gasteiger partial charge is 0.394 e. The maximum Gasteiger partial charge on any atom is 0.394 e. The van der Waals surface area contributed by atoms with Crippen LogP contribution in [0.2, 0.25) is 0 Å². The highest BCUT2D eigenvalue weighted by Crippen LogP contribution is 2.20. The summed E-state index contributed by atoms with van der Waals surface area (Å²) in [4.78, 5) is 14.0. The molecule has 1 aliphatic rings. The zero-order chi connectivity index (χ0) is 20.6. The number of nitrogens with zero attached hydrogens (tertiary/aromatic N) is 2. The van der Waals surface area contributed by atoms with Crippen molar-refractivity contribution in [1.82, 2.24) is 14.7 Å². The molecule has 0 bridgehead atoms. The van der Waals surface area contributed by atoms with Crippen LogP contribution >= 0.6 is 0 Å². The number of likely N-dealkylation sites (tertiary alicyclic amines) is 1. The van der Waals surface area contributed by atoms with Crippen molar-refractivity contribution in [1.29, 1.82) is 0 Å². The largest absolute Gasteiger partial charge is 0.494 e. The SMILES string of the molecule is Cn1[nH]c(-c2ccc(OCCCN3CCCCC3)cc2)cc1=O.O=S(=O)(O)O. The first-order chi connectivity index (χ1) is 13.2. The first-order valence-electron chi connectivity index (χ1n) is 9.14. The van der Waals surface area contributed by atoms with Gasteiger partial charge in [-0.2, -0.15) is 8.42 Å². The molecule has 2 aromatic rings. The predicted octanol–water partition coefficient (Wildman–Crippen LogP) is 1.98. The van der Waals surface area contributed by atoms with Crippen molar-refractivity contribution in [3.05, 3.63) is 40.7 Å². The number of aryl methyl sites for hydroxylation is 1. The van der Waals surface area contributed by atoms with Gasteiger partial charge in [0, 0.05) is 19.7 Å². The lowest BCUT2D eigenvalue weighted by molar-refractivity contribution is 0.205. The van der Waals surface area contributed by atoms with E-state index in [0.717, 1.165) is 36.6 Å². The molecule has 0 spiro atoms. The third-order valence-electron chi connectivity index (χ3n) is 4.39. The highest BCUT2D eigenvalue weighted by atomic mass is 32.3. The molecule has 0 radical (unpaired) electrons. The van der Waals surface area contributed by atoms with Crippen LogP contribution in [0.15, 0.2) is 35.1 Å². The molecule has 0 amide bonds. The summed E-state index contributed by atoms with van der Waals surface area (Å²) in [6.07, 6.45) is 5.12. The van der Waals surface area contributed by atoms with Crippen molar-refractivity contribution in [3.63, 3.8) is 0 Å². The average molecular weight is 413 g/mol. The molecule has 2 heterocycles. The number of hydrogen-bond acceptors (Lipinski definition) is 5. The van der Waals surface area contributed by atoms with Crippen molar-refractivity contribution in [2.75, 3.05) is 26.2 Å². The van der Waals surface area contributed by atoms with Gasteiger partial charge in [-0.15, -0.1) is 0 Å². The molecule has 1 aromatic heterocycles. The van der Waals surface area contributed by atoms with Crippen molar-refractivity contribution in [3.8, 4) is 17.0 Å². The van der Waals surface area contributed by atoms with E-state index in [-0.39, 0.29) is 5.56 Å². The summed E-state index contributed by atoms with van der Waals surface area (Å²) in [6.45, 7) is 4.36. The molecular weight excluding hydrogens is 386 g/mol. The Hall–Kier alpha value is -2.14. The van der Waals surface area contributed by atoms with E-state index < -0.39 is 10.4 Å². The summed E-state index contributed by atoms with van der Waals surface area (Å²) in [5, 5.41) is 3.03. The normalized spacial score (nSPS) is 15.0. The van der Waals surface area contributed by atoms with Gasteiger partial charge >= 0.3 is 10.4 Å². The van der Waals surface area contributed by atoms with Gasteiger partial charge in [-0.25, -0.2) is 0 Å². The number of ether oxygens (including phenoxy) is 1. The van der Waals surface area contributed by atoms with Crippen molar-refractivity contribution >= 4 is 10.4 Å². The molecule has 1 aliphatic heterocycles. The molecule has 0 unspecified atom stereocenters. The fourth-order valence-electron chi connectivity index (χ4n) is 3.03. The Kier molecular flexibility index (Phi) is 8.24. The van der Waals surface area contributed by atoms with Gasteiger partial charge in [-0.1, -0.05) is 6.42 Å². The van der Waals surface area contributed by atoms with Crippen LogP contribution in [0.25, 0.3) is 11.3 Å². The van der Waals surface area contributed by atoms with E-state index in [9.17, 15) is 4.79 Å². The molecule has 1 saturated heterocycles. The maximum atomic E-state index is 11.5. The van der Waals surface area contributed by atoms with Crippen LogP contribution in [-0.4, -0.2) is 58.4 Å². The van der Waals surface area contributed by atoms with Gasteiger partial charge < -0.3 is 9.64 Å². The van der Waals surface area contributed by atoms with Crippen LogP contribution in [-0.2, 0) is 17.4 Å². The Bertz CT molecular complexity index is 875. The third-order valence-corrected chi connectivity index (χ3v) is 4.39. The monoisotopic (exact) mass is 413 g/mol. The Balaban J connectivity index is 0.000000500. The van der Waals surface area contributed by atoms with Crippen LogP contribution in [0.1, 0.15) is 25.7 Å². The average Bonchev–Trinajstić information content (AvgIpc) is 2.98. The molecule has 0 saturated carbocycles. The summed E-state index contributed by atoms with van der Waals surface area (Å²) in [7, 11) is -2.95. The van der Waals surface area contributed by atoms with Crippen LogP contribution in [0.3, 0.4) is 0 Å². The summed E-state index contributed by atoms with van der Waals surface area (Å²) in [5.74, 6) is 0.880. The number of H-pyrrole nitrogens is 1. The third kappa shape index (κ3) is 8.26. The van der Waals surface area contributed by atoms with Crippen LogP contribution < -0.4 is 10.3 Å². The number of rotatable bonds is 6. The van der Waals surface area contributed by atoms with Gasteiger partial charge in [0.2, 0.25) is 0 Å². The number of nitrogens with one attached hydrogen (secondary N) is 1. The Morgan fingerprint density at radius 3 is 2.25 bits per heavy atom. The molecular formula is C18H27N3O6S. The van der Waals surface area contributed by atoms with Gasteiger partial charge in [0.25, 0.3) is 5.56 Å². The number of aromatic nitrogens is 2. The van der Waals surface area contributed by atoms with E-state index in [2.05, 4.69) is 10.00 Å². The minimum absolute atomic E-state index is 0.0296. The highest BCUT2D eigenvalue weighted by Gasteiger charge is 2.09. The first-order valence-corrected chi connectivity index (χ1v) is 10.5. The molecule has 28 heavy (non-hydrogen) atoms. The van der Waals surface area contributed by atoms with Gasteiger partial charge in [-0.3, -0.25) is 23.7 Å². The second kappa shape index (κ2) is 10.4. The Morgan fingerprint density at radius 1 is 1.11 bits per heavy atom. The van der Waals surface area contributed by atoms with E-state index in [0.29, 0.717) is 0 Å². The quantitative estimate of drug-likeness (QED) is 0.488. The Labute approximate surface area is 164 Å². The molecule has 1 fully saturated rings. The summed E-state index contributed by atoms with van der Waals surface area (Å²) >= 11 is 0. The molecule has 9 nitrogen and oxygen atoms in total. The number of piperidine rings is 1. The van der Waals surface area contributed by atoms with Crippen LogP contribution in [0.4, 0.5) is 0 Å². The van der Waals surface area contributed by atoms with E-state index in [1.54, 1.807) is 13.1 Å². The molecule has 3 rings (SSSR count). The zero-order valence-electron chi connectivity index (χ0n) is 15.9. The lowest BCUT2D eigenvalue weighted by Gasteiger charge is -2.26. The van der Waals surface area contributed by atoms with Gasteiger partial charge in [0.15, 0.2) is 0 Å². The minimum atomic E-state index is -4.67. The molecule has 0 atom stereocenters.